The van der Waals surface area contributed by atoms with E-state index in [0.717, 1.165) is 36.9 Å². The molecule has 1 heterocycles. The van der Waals surface area contributed by atoms with Crippen LogP contribution in [0.1, 0.15) is 25.5 Å². The van der Waals surface area contributed by atoms with Crippen LogP contribution in [0.15, 0.2) is 18.2 Å². The van der Waals surface area contributed by atoms with E-state index >= 15 is 0 Å². The second kappa shape index (κ2) is 6.63. The van der Waals surface area contributed by atoms with Crippen LogP contribution in [-0.4, -0.2) is 43.8 Å². The maximum atomic E-state index is 6.37. The average molecular weight is 317 g/mol. The van der Waals surface area contributed by atoms with E-state index in [1.165, 1.54) is 0 Å². The zero-order valence-electron chi connectivity index (χ0n) is 12.2. The van der Waals surface area contributed by atoms with Crippen molar-refractivity contribution in [2.45, 2.75) is 25.4 Å². The highest BCUT2D eigenvalue weighted by Crippen LogP contribution is 2.36. The van der Waals surface area contributed by atoms with Crippen LogP contribution >= 0.6 is 23.2 Å². The van der Waals surface area contributed by atoms with E-state index < -0.39 is 0 Å². The molecule has 1 atom stereocenters. The van der Waals surface area contributed by atoms with Gasteiger partial charge in [-0.1, -0.05) is 23.2 Å². The fraction of sp³-hybridized carbons (Fsp3) is 0.600. The van der Waals surface area contributed by atoms with Gasteiger partial charge < -0.3 is 10.1 Å². The number of rotatable bonds is 4. The molecule has 0 spiro atoms. The fourth-order valence-corrected chi connectivity index (χ4v) is 3.35. The first-order valence-corrected chi connectivity index (χ1v) is 7.67. The van der Waals surface area contributed by atoms with Gasteiger partial charge in [0, 0.05) is 28.7 Å². The minimum Gasteiger partial charge on any atom is -0.379 e. The standard InChI is InChI=1S/C15H22Cl2N2O/c1-15(2,19-6-8-20-9-7-19)14(18-3)12-10-11(16)4-5-13(12)17/h4-5,10,14,18H,6-9H2,1-3H3. The molecule has 2 rings (SSSR count). The number of nitrogens with one attached hydrogen (secondary N) is 1. The van der Waals surface area contributed by atoms with E-state index in [1.54, 1.807) is 0 Å². The van der Waals surface area contributed by atoms with E-state index in [0.29, 0.717) is 5.02 Å². The van der Waals surface area contributed by atoms with E-state index in [1.807, 2.05) is 25.2 Å². The molecule has 0 aromatic heterocycles. The zero-order chi connectivity index (χ0) is 14.8. The maximum absolute atomic E-state index is 6.37. The molecular weight excluding hydrogens is 295 g/mol. The van der Waals surface area contributed by atoms with Gasteiger partial charge in [-0.25, -0.2) is 0 Å². The van der Waals surface area contributed by atoms with E-state index in [2.05, 4.69) is 24.1 Å². The molecule has 0 amide bonds. The number of morpholine rings is 1. The Labute approximate surface area is 131 Å². The van der Waals surface area contributed by atoms with Gasteiger partial charge in [0.1, 0.15) is 0 Å². The van der Waals surface area contributed by atoms with Gasteiger partial charge in [-0.3, -0.25) is 4.90 Å². The molecule has 0 saturated carbocycles. The molecule has 0 aliphatic carbocycles. The third kappa shape index (κ3) is 3.29. The largest absolute Gasteiger partial charge is 0.379 e. The van der Waals surface area contributed by atoms with Crippen molar-refractivity contribution < 1.29 is 4.74 Å². The highest BCUT2D eigenvalue weighted by Gasteiger charge is 2.37. The summed E-state index contributed by atoms with van der Waals surface area (Å²) >= 11 is 12.5. The van der Waals surface area contributed by atoms with Crippen molar-refractivity contribution in [2.75, 3.05) is 33.4 Å². The lowest BCUT2D eigenvalue weighted by Crippen LogP contribution is -2.55. The SMILES string of the molecule is CNC(c1cc(Cl)ccc1Cl)C(C)(C)N1CCOCC1. The summed E-state index contributed by atoms with van der Waals surface area (Å²) in [5.41, 5.74) is 0.963. The number of nitrogens with zero attached hydrogens (tertiary/aromatic N) is 1. The van der Waals surface area contributed by atoms with Crippen molar-refractivity contribution in [3.63, 3.8) is 0 Å². The van der Waals surface area contributed by atoms with E-state index in [4.69, 9.17) is 27.9 Å². The van der Waals surface area contributed by atoms with Crippen LogP contribution in [0, 0.1) is 0 Å². The number of ether oxygens (including phenoxy) is 1. The van der Waals surface area contributed by atoms with Crippen LogP contribution in [0.25, 0.3) is 0 Å². The molecule has 20 heavy (non-hydrogen) atoms. The molecule has 1 N–H and O–H groups in total. The summed E-state index contributed by atoms with van der Waals surface area (Å²) in [4.78, 5) is 2.44. The van der Waals surface area contributed by atoms with E-state index in [-0.39, 0.29) is 11.6 Å². The van der Waals surface area contributed by atoms with Crippen molar-refractivity contribution >= 4 is 23.2 Å². The van der Waals surface area contributed by atoms with Crippen LogP contribution < -0.4 is 5.32 Å². The Kier molecular flexibility index (Phi) is 5.32. The van der Waals surface area contributed by atoms with Crippen LogP contribution in [0.4, 0.5) is 0 Å². The second-order valence-corrected chi connectivity index (χ2v) is 6.48. The molecule has 1 aliphatic rings. The van der Waals surface area contributed by atoms with Crippen molar-refractivity contribution in [1.29, 1.82) is 0 Å². The summed E-state index contributed by atoms with van der Waals surface area (Å²) in [5.74, 6) is 0. The van der Waals surface area contributed by atoms with Gasteiger partial charge >= 0.3 is 0 Å². The first-order chi connectivity index (χ1) is 9.46. The van der Waals surface area contributed by atoms with Gasteiger partial charge in [0.15, 0.2) is 0 Å². The van der Waals surface area contributed by atoms with Crippen molar-refractivity contribution in [3.8, 4) is 0 Å². The molecule has 1 saturated heterocycles. The summed E-state index contributed by atoms with van der Waals surface area (Å²) < 4.78 is 5.45. The summed E-state index contributed by atoms with van der Waals surface area (Å²) in [6, 6.07) is 5.74. The minimum absolute atomic E-state index is 0.0765. The number of halogens is 2. The molecule has 1 aliphatic heterocycles. The van der Waals surface area contributed by atoms with Crippen molar-refractivity contribution in [2.24, 2.45) is 0 Å². The summed E-state index contributed by atoms with van der Waals surface area (Å²) in [7, 11) is 1.96. The Morgan fingerprint density at radius 3 is 2.50 bits per heavy atom. The lowest BCUT2D eigenvalue weighted by Gasteiger charge is -2.46. The van der Waals surface area contributed by atoms with Crippen molar-refractivity contribution in [3.05, 3.63) is 33.8 Å². The quantitative estimate of drug-likeness (QED) is 0.921. The second-order valence-electron chi connectivity index (χ2n) is 5.64. The predicted octanol–water partition coefficient (Wildman–Crippen LogP) is 3.36. The number of hydrogen-bond donors (Lipinski definition) is 1. The Balaban J connectivity index is 2.32. The monoisotopic (exact) mass is 316 g/mol. The number of benzene rings is 1. The first-order valence-electron chi connectivity index (χ1n) is 6.92. The van der Waals surface area contributed by atoms with Crippen LogP contribution in [0.2, 0.25) is 10.0 Å². The third-order valence-corrected chi connectivity index (χ3v) is 4.67. The van der Waals surface area contributed by atoms with Gasteiger partial charge in [0.05, 0.1) is 19.3 Å². The Morgan fingerprint density at radius 2 is 1.90 bits per heavy atom. The lowest BCUT2D eigenvalue weighted by molar-refractivity contribution is -0.0229. The maximum Gasteiger partial charge on any atom is 0.0594 e. The van der Waals surface area contributed by atoms with Gasteiger partial charge in [-0.2, -0.15) is 0 Å². The number of hydrogen-bond acceptors (Lipinski definition) is 3. The minimum atomic E-state index is -0.0765. The molecule has 0 radical (unpaired) electrons. The van der Waals surface area contributed by atoms with Crippen LogP contribution in [0.5, 0.6) is 0 Å². The molecule has 0 bridgehead atoms. The smallest absolute Gasteiger partial charge is 0.0594 e. The molecule has 1 aromatic carbocycles. The highest BCUT2D eigenvalue weighted by atomic mass is 35.5. The normalized spacial score (nSPS) is 19.1. The first kappa shape index (κ1) is 16.1. The molecule has 112 valence electrons. The molecule has 3 nitrogen and oxygen atoms in total. The predicted molar refractivity (Wildman–Crippen MR) is 84.7 cm³/mol. The molecule has 5 heteroatoms. The van der Waals surface area contributed by atoms with E-state index in [9.17, 15) is 0 Å². The van der Waals surface area contributed by atoms with Crippen molar-refractivity contribution in [1.82, 2.24) is 10.2 Å². The van der Waals surface area contributed by atoms with Gasteiger partial charge in [0.2, 0.25) is 0 Å². The topological polar surface area (TPSA) is 24.5 Å². The third-order valence-electron chi connectivity index (χ3n) is 4.09. The van der Waals surface area contributed by atoms with Gasteiger partial charge in [-0.05, 0) is 44.7 Å². The van der Waals surface area contributed by atoms with Gasteiger partial charge in [0.25, 0.3) is 0 Å². The Hall–Kier alpha value is -0.320. The molecule has 1 fully saturated rings. The highest BCUT2D eigenvalue weighted by molar-refractivity contribution is 6.33. The lowest BCUT2D eigenvalue weighted by atomic mass is 9.86. The van der Waals surface area contributed by atoms with Crippen LogP contribution in [0.3, 0.4) is 0 Å². The summed E-state index contributed by atoms with van der Waals surface area (Å²) in [6.07, 6.45) is 0. The zero-order valence-corrected chi connectivity index (χ0v) is 13.8. The fourth-order valence-electron chi connectivity index (χ4n) is 2.95. The molecule has 1 aromatic rings. The van der Waals surface area contributed by atoms with Crippen LogP contribution in [-0.2, 0) is 4.74 Å². The number of likely N-dealkylation sites (N-methyl/N-ethyl adjacent to an activating group) is 1. The summed E-state index contributed by atoms with van der Waals surface area (Å²) in [5, 5.41) is 4.85. The Morgan fingerprint density at radius 1 is 1.25 bits per heavy atom. The molecular formula is C15H22Cl2N2O. The van der Waals surface area contributed by atoms with Gasteiger partial charge in [-0.15, -0.1) is 0 Å². The average Bonchev–Trinajstić information content (AvgIpc) is 2.44. The summed E-state index contributed by atoms with van der Waals surface area (Å²) in [6.45, 7) is 7.90. The molecule has 1 unspecified atom stereocenters. The Bertz CT molecular complexity index is 459.